The first kappa shape index (κ1) is 7.16. The number of allylic oxidation sites excluding steroid dienone is 1. The highest BCUT2D eigenvalue weighted by Crippen LogP contribution is 2.28. The van der Waals surface area contributed by atoms with Crippen molar-refractivity contribution < 1.29 is 9.18 Å². The second-order valence-electron chi connectivity index (χ2n) is 2.36. The number of nitrogens with zero attached hydrogens (tertiary/aromatic N) is 1. The van der Waals surface area contributed by atoms with E-state index < -0.39 is 0 Å². The maximum Gasteiger partial charge on any atom is 0.235 e. The topological polar surface area (TPSA) is 29.4 Å². The van der Waals surface area contributed by atoms with Gasteiger partial charge in [-0.2, -0.15) is 4.99 Å². The van der Waals surface area contributed by atoms with Gasteiger partial charge in [0.2, 0.25) is 6.08 Å². The van der Waals surface area contributed by atoms with Crippen LogP contribution in [-0.4, -0.2) is 12.1 Å². The van der Waals surface area contributed by atoms with Gasteiger partial charge in [-0.1, -0.05) is 0 Å². The molecule has 0 aromatic rings. The highest BCUT2D eigenvalue weighted by molar-refractivity contribution is 5.36. The van der Waals surface area contributed by atoms with Crippen molar-refractivity contribution in [3.63, 3.8) is 0 Å². The first-order chi connectivity index (χ1) is 4.75. The zero-order chi connectivity index (χ0) is 7.56. The molecule has 0 amide bonds. The van der Waals surface area contributed by atoms with E-state index in [4.69, 9.17) is 0 Å². The molecular weight excluding hydrogens is 133 g/mol. The molecular formula is C7H8FNO. The number of halogens is 1. The van der Waals surface area contributed by atoms with Crippen LogP contribution in [0.5, 0.6) is 0 Å². The molecule has 3 heteroatoms. The molecule has 0 aliphatic heterocycles. The summed E-state index contributed by atoms with van der Waals surface area (Å²) in [6.45, 7) is 1.66. The summed E-state index contributed by atoms with van der Waals surface area (Å²) in [5, 5.41) is 0. The average molecular weight is 141 g/mol. The Bertz CT molecular complexity index is 216. The van der Waals surface area contributed by atoms with E-state index in [1.165, 1.54) is 6.08 Å². The predicted molar refractivity (Wildman–Crippen MR) is 35.0 cm³/mol. The molecule has 54 valence electrons. The molecule has 1 unspecified atom stereocenters. The molecule has 0 aromatic carbocycles. The summed E-state index contributed by atoms with van der Waals surface area (Å²) in [6.07, 6.45) is 2.47. The van der Waals surface area contributed by atoms with Gasteiger partial charge in [0, 0.05) is 6.42 Å². The highest BCUT2D eigenvalue weighted by atomic mass is 19.1. The lowest BCUT2D eigenvalue weighted by Crippen LogP contribution is -1.98. The van der Waals surface area contributed by atoms with Crippen LogP contribution >= 0.6 is 0 Å². The standard InChI is InChI=1S/C7H8FNO/c1-5-6(8)2-3-7(5)9-4-10/h7H,2-3H2,1H3. The molecule has 0 aromatic heterocycles. The Hall–Kier alpha value is -0.950. The van der Waals surface area contributed by atoms with Crippen LogP contribution in [0.3, 0.4) is 0 Å². The fraction of sp³-hybridized carbons (Fsp3) is 0.571. The Kier molecular flexibility index (Phi) is 1.97. The Labute approximate surface area is 58.5 Å². The summed E-state index contributed by atoms with van der Waals surface area (Å²) >= 11 is 0. The van der Waals surface area contributed by atoms with Gasteiger partial charge < -0.3 is 0 Å². The van der Waals surface area contributed by atoms with Crippen LogP contribution in [0, 0.1) is 0 Å². The van der Waals surface area contributed by atoms with Crippen molar-refractivity contribution in [1.82, 2.24) is 0 Å². The predicted octanol–water partition coefficient (Wildman–Crippen LogP) is 1.73. The minimum Gasteiger partial charge on any atom is -0.212 e. The van der Waals surface area contributed by atoms with Crippen LogP contribution in [0.4, 0.5) is 4.39 Å². The van der Waals surface area contributed by atoms with Crippen LogP contribution in [0.15, 0.2) is 16.4 Å². The molecule has 0 saturated carbocycles. The van der Waals surface area contributed by atoms with Crippen LogP contribution in [0.2, 0.25) is 0 Å². The molecule has 2 nitrogen and oxygen atoms in total. The highest BCUT2D eigenvalue weighted by Gasteiger charge is 2.21. The maximum absolute atomic E-state index is 12.6. The normalized spacial score (nSPS) is 24.8. The lowest BCUT2D eigenvalue weighted by molar-refractivity contribution is 0.558. The molecule has 0 fully saturated rings. The molecule has 1 atom stereocenters. The minimum atomic E-state index is -0.238. The smallest absolute Gasteiger partial charge is 0.212 e. The Morgan fingerprint density at radius 1 is 1.80 bits per heavy atom. The van der Waals surface area contributed by atoms with E-state index in [1.807, 2.05) is 0 Å². The van der Waals surface area contributed by atoms with Gasteiger partial charge in [0.05, 0.1) is 6.04 Å². The molecule has 0 spiro atoms. The summed E-state index contributed by atoms with van der Waals surface area (Å²) in [6, 6.07) is -0.238. The van der Waals surface area contributed by atoms with Crippen LogP contribution in [0.1, 0.15) is 19.8 Å². The van der Waals surface area contributed by atoms with E-state index in [0.29, 0.717) is 18.4 Å². The fourth-order valence-corrected chi connectivity index (χ4v) is 1.08. The van der Waals surface area contributed by atoms with Gasteiger partial charge in [-0.15, -0.1) is 0 Å². The second-order valence-corrected chi connectivity index (χ2v) is 2.36. The molecule has 1 aliphatic carbocycles. The molecule has 0 bridgehead atoms. The van der Waals surface area contributed by atoms with E-state index >= 15 is 0 Å². The third kappa shape index (κ3) is 1.14. The molecule has 0 N–H and O–H groups in total. The Balaban J connectivity index is 2.76. The van der Waals surface area contributed by atoms with Crippen LogP contribution < -0.4 is 0 Å². The van der Waals surface area contributed by atoms with Gasteiger partial charge in [0.25, 0.3) is 0 Å². The van der Waals surface area contributed by atoms with Gasteiger partial charge in [-0.25, -0.2) is 9.18 Å². The number of isocyanates is 1. The summed E-state index contributed by atoms with van der Waals surface area (Å²) in [7, 11) is 0. The molecule has 0 saturated heterocycles. The first-order valence-electron chi connectivity index (χ1n) is 3.18. The van der Waals surface area contributed by atoms with E-state index in [2.05, 4.69) is 4.99 Å². The van der Waals surface area contributed by atoms with Gasteiger partial charge in [-0.3, -0.25) is 0 Å². The van der Waals surface area contributed by atoms with Crippen molar-refractivity contribution in [3.05, 3.63) is 11.4 Å². The molecule has 10 heavy (non-hydrogen) atoms. The number of rotatable bonds is 1. The van der Waals surface area contributed by atoms with Gasteiger partial charge in [0.1, 0.15) is 5.83 Å². The molecule has 1 rings (SSSR count). The third-order valence-corrected chi connectivity index (χ3v) is 1.77. The zero-order valence-corrected chi connectivity index (χ0v) is 5.72. The van der Waals surface area contributed by atoms with E-state index in [9.17, 15) is 9.18 Å². The largest absolute Gasteiger partial charge is 0.235 e. The first-order valence-corrected chi connectivity index (χ1v) is 3.18. The number of hydrogen-bond donors (Lipinski definition) is 0. The van der Waals surface area contributed by atoms with Crippen molar-refractivity contribution in [1.29, 1.82) is 0 Å². The monoisotopic (exact) mass is 141 g/mol. The molecule has 0 radical (unpaired) electrons. The summed E-state index contributed by atoms with van der Waals surface area (Å²) in [5.74, 6) is -0.121. The maximum atomic E-state index is 12.6. The van der Waals surface area contributed by atoms with Gasteiger partial charge >= 0.3 is 0 Å². The number of carbonyl (C=O) groups excluding carboxylic acids is 1. The Morgan fingerprint density at radius 3 is 2.90 bits per heavy atom. The summed E-state index contributed by atoms with van der Waals surface area (Å²) < 4.78 is 12.6. The van der Waals surface area contributed by atoms with Crippen LogP contribution in [-0.2, 0) is 4.79 Å². The van der Waals surface area contributed by atoms with E-state index in [1.54, 1.807) is 6.92 Å². The Morgan fingerprint density at radius 2 is 2.50 bits per heavy atom. The quantitative estimate of drug-likeness (QED) is 0.404. The molecule has 0 heterocycles. The van der Waals surface area contributed by atoms with E-state index in [0.717, 1.165) is 0 Å². The van der Waals surface area contributed by atoms with Crippen molar-refractivity contribution in [2.24, 2.45) is 4.99 Å². The van der Waals surface area contributed by atoms with Crippen molar-refractivity contribution in [3.8, 4) is 0 Å². The SMILES string of the molecule is CC1=C(F)CCC1N=C=O. The molecule has 1 aliphatic rings. The van der Waals surface area contributed by atoms with E-state index in [-0.39, 0.29) is 11.9 Å². The second kappa shape index (κ2) is 2.76. The summed E-state index contributed by atoms with van der Waals surface area (Å²) in [5.41, 5.74) is 0.586. The lowest BCUT2D eigenvalue weighted by atomic mass is 10.2. The van der Waals surface area contributed by atoms with Crippen molar-refractivity contribution in [2.45, 2.75) is 25.8 Å². The number of aliphatic imine (C=N–C) groups is 1. The van der Waals surface area contributed by atoms with Crippen LogP contribution in [0.25, 0.3) is 0 Å². The fourth-order valence-electron chi connectivity index (χ4n) is 1.08. The van der Waals surface area contributed by atoms with Gasteiger partial charge in [-0.05, 0) is 18.9 Å². The summed E-state index contributed by atoms with van der Waals surface area (Å²) in [4.78, 5) is 13.2. The lowest BCUT2D eigenvalue weighted by Gasteiger charge is -1.98. The van der Waals surface area contributed by atoms with Crippen molar-refractivity contribution in [2.75, 3.05) is 0 Å². The van der Waals surface area contributed by atoms with Crippen molar-refractivity contribution >= 4 is 6.08 Å². The number of hydrogen-bond acceptors (Lipinski definition) is 2. The minimum absolute atomic E-state index is 0.121. The zero-order valence-electron chi connectivity index (χ0n) is 5.72. The third-order valence-electron chi connectivity index (χ3n) is 1.77. The average Bonchev–Trinajstić information content (AvgIpc) is 2.20. The van der Waals surface area contributed by atoms with Gasteiger partial charge in [0.15, 0.2) is 0 Å².